The van der Waals surface area contributed by atoms with Crippen LogP contribution in [-0.4, -0.2) is 45.8 Å². The van der Waals surface area contributed by atoms with Crippen LogP contribution in [0.2, 0.25) is 0 Å². The number of piperazine rings is 1. The summed E-state index contributed by atoms with van der Waals surface area (Å²) in [6.45, 7) is 8.11. The summed E-state index contributed by atoms with van der Waals surface area (Å²) in [5, 5.41) is 13.7. The van der Waals surface area contributed by atoms with Crippen molar-refractivity contribution in [2.75, 3.05) is 31.1 Å². The molecule has 2 aromatic heterocycles. The van der Waals surface area contributed by atoms with Crippen molar-refractivity contribution >= 4 is 18.0 Å². The molecule has 0 N–H and O–H groups in total. The highest BCUT2D eigenvalue weighted by Crippen LogP contribution is 2.21. The zero-order chi connectivity index (χ0) is 20.4. The maximum absolute atomic E-state index is 9.07. The van der Waals surface area contributed by atoms with Gasteiger partial charge in [0.15, 0.2) is 0 Å². The largest absolute Gasteiger partial charge is 0.409 e. The first kappa shape index (κ1) is 19.3. The minimum Gasteiger partial charge on any atom is -0.409 e. The van der Waals surface area contributed by atoms with Gasteiger partial charge in [0, 0.05) is 37.9 Å². The lowest BCUT2D eigenvalue weighted by Crippen LogP contribution is -2.47. The molecule has 8 heteroatoms. The van der Waals surface area contributed by atoms with Gasteiger partial charge in [-0.05, 0) is 61.5 Å². The third-order valence-electron chi connectivity index (χ3n) is 5.26. The van der Waals surface area contributed by atoms with E-state index in [-0.39, 0.29) is 0 Å². The van der Waals surface area contributed by atoms with Gasteiger partial charge in [0.2, 0.25) is 5.89 Å². The van der Waals surface area contributed by atoms with E-state index in [0.29, 0.717) is 23.0 Å². The molecule has 1 saturated heterocycles. The van der Waals surface area contributed by atoms with Gasteiger partial charge in [-0.25, -0.2) is 9.67 Å². The van der Waals surface area contributed by atoms with Gasteiger partial charge >= 0.3 is 0 Å². The number of rotatable bonds is 4. The molecule has 1 aromatic carbocycles. The van der Waals surface area contributed by atoms with Crippen molar-refractivity contribution in [2.45, 2.75) is 20.5 Å². The van der Waals surface area contributed by atoms with Crippen molar-refractivity contribution in [1.29, 1.82) is 5.26 Å². The summed E-state index contributed by atoms with van der Waals surface area (Å²) in [6, 6.07) is 11.9. The molecule has 1 aliphatic heterocycles. The van der Waals surface area contributed by atoms with Crippen LogP contribution < -0.4 is 4.90 Å². The van der Waals surface area contributed by atoms with Crippen LogP contribution in [0.25, 0.3) is 11.5 Å². The summed E-state index contributed by atoms with van der Waals surface area (Å²) >= 11 is 5.38. The Hall–Kier alpha value is -3.02. The fourth-order valence-electron chi connectivity index (χ4n) is 3.36. The number of anilines is 1. The van der Waals surface area contributed by atoms with Crippen LogP contribution in [0.5, 0.6) is 0 Å². The molecule has 0 amide bonds. The number of hydrogen-bond donors (Lipinski definition) is 0. The molecule has 7 nitrogen and oxygen atoms in total. The van der Waals surface area contributed by atoms with Gasteiger partial charge in [0.25, 0.3) is 4.84 Å². The first-order chi connectivity index (χ1) is 14.0. The number of benzene rings is 1. The van der Waals surface area contributed by atoms with Crippen molar-refractivity contribution in [3.63, 3.8) is 0 Å². The first-order valence-corrected chi connectivity index (χ1v) is 9.93. The zero-order valence-electron chi connectivity index (χ0n) is 16.5. The van der Waals surface area contributed by atoms with Gasteiger partial charge in [0.05, 0.1) is 18.3 Å². The molecule has 0 bridgehead atoms. The summed E-state index contributed by atoms with van der Waals surface area (Å²) in [4.78, 5) is 9.25. The van der Waals surface area contributed by atoms with Crippen molar-refractivity contribution in [1.82, 2.24) is 19.7 Å². The van der Waals surface area contributed by atoms with E-state index >= 15 is 0 Å². The predicted molar refractivity (Wildman–Crippen MR) is 113 cm³/mol. The molecule has 0 radical (unpaired) electrons. The maximum Gasteiger partial charge on any atom is 0.288 e. The predicted octanol–water partition coefficient (Wildman–Crippen LogP) is 3.54. The average Bonchev–Trinajstić information content (AvgIpc) is 3.11. The van der Waals surface area contributed by atoms with Crippen molar-refractivity contribution in [3.8, 4) is 17.5 Å². The van der Waals surface area contributed by atoms with Crippen LogP contribution in [0.1, 0.15) is 16.7 Å². The molecule has 3 heterocycles. The maximum atomic E-state index is 9.07. The van der Waals surface area contributed by atoms with Crippen LogP contribution in [0, 0.1) is 30.0 Å². The lowest BCUT2D eigenvalue weighted by Gasteiger charge is -2.35. The van der Waals surface area contributed by atoms with Gasteiger partial charge in [-0.2, -0.15) is 5.26 Å². The molecule has 0 saturated carbocycles. The highest BCUT2D eigenvalue weighted by Gasteiger charge is 2.20. The molecule has 1 fully saturated rings. The van der Waals surface area contributed by atoms with Crippen LogP contribution >= 0.6 is 12.2 Å². The minimum absolute atomic E-state index is 0.379. The smallest absolute Gasteiger partial charge is 0.288 e. The molecular formula is C21H22N6OS. The van der Waals surface area contributed by atoms with E-state index in [9.17, 15) is 0 Å². The Morgan fingerprint density at radius 2 is 1.90 bits per heavy atom. The molecule has 0 spiro atoms. The summed E-state index contributed by atoms with van der Waals surface area (Å²) < 4.78 is 7.48. The highest BCUT2D eigenvalue weighted by atomic mass is 32.1. The van der Waals surface area contributed by atoms with E-state index < -0.39 is 0 Å². The van der Waals surface area contributed by atoms with Gasteiger partial charge < -0.3 is 9.32 Å². The van der Waals surface area contributed by atoms with Crippen LogP contribution in [0.4, 0.5) is 5.82 Å². The molecule has 1 aliphatic rings. The summed E-state index contributed by atoms with van der Waals surface area (Å²) in [7, 11) is 0. The SMILES string of the molecule is Cc1ccc(-c2nn(CN3CCN(c4cc(C#N)ccn4)CC3)c(=S)o2)cc1C. The van der Waals surface area contributed by atoms with E-state index in [0.717, 1.165) is 37.6 Å². The minimum atomic E-state index is 0.379. The molecular weight excluding hydrogens is 384 g/mol. The van der Waals surface area contributed by atoms with Crippen LogP contribution in [-0.2, 0) is 6.67 Å². The lowest BCUT2D eigenvalue weighted by atomic mass is 10.1. The Bertz CT molecular complexity index is 1120. The molecule has 4 rings (SSSR count). The highest BCUT2D eigenvalue weighted by molar-refractivity contribution is 7.71. The number of pyridine rings is 1. The quantitative estimate of drug-likeness (QED) is 0.614. The van der Waals surface area contributed by atoms with E-state index in [4.69, 9.17) is 21.9 Å². The number of hydrogen-bond acceptors (Lipinski definition) is 7. The number of nitriles is 1. The fourth-order valence-corrected chi connectivity index (χ4v) is 3.53. The topological polar surface area (TPSA) is 74.1 Å². The molecule has 3 aromatic rings. The number of aryl methyl sites for hydroxylation is 2. The molecule has 29 heavy (non-hydrogen) atoms. The molecule has 0 unspecified atom stereocenters. The average molecular weight is 407 g/mol. The summed E-state index contributed by atoms with van der Waals surface area (Å²) in [5.74, 6) is 1.40. The summed E-state index contributed by atoms with van der Waals surface area (Å²) in [6.07, 6.45) is 1.68. The molecule has 0 aliphatic carbocycles. The van der Waals surface area contributed by atoms with E-state index in [1.807, 2.05) is 12.1 Å². The van der Waals surface area contributed by atoms with Crippen molar-refractivity contribution in [3.05, 3.63) is 58.1 Å². The monoisotopic (exact) mass is 406 g/mol. The second-order valence-electron chi connectivity index (χ2n) is 7.23. The van der Waals surface area contributed by atoms with Gasteiger partial charge in [-0.15, -0.1) is 5.10 Å². The first-order valence-electron chi connectivity index (χ1n) is 9.52. The fraction of sp³-hybridized carbons (Fsp3) is 0.333. The Morgan fingerprint density at radius 3 is 2.62 bits per heavy atom. The number of nitrogens with zero attached hydrogens (tertiary/aromatic N) is 6. The van der Waals surface area contributed by atoms with Crippen molar-refractivity contribution in [2.24, 2.45) is 0 Å². The van der Waals surface area contributed by atoms with E-state index in [2.05, 4.69) is 51.9 Å². The Labute approximate surface area is 174 Å². The zero-order valence-corrected chi connectivity index (χ0v) is 17.3. The second kappa shape index (κ2) is 8.15. The third-order valence-corrected chi connectivity index (χ3v) is 5.56. The summed E-state index contributed by atoms with van der Waals surface area (Å²) in [5.41, 5.74) is 4.00. The second-order valence-corrected chi connectivity index (χ2v) is 7.58. The third kappa shape index (κ3) is 4.21. The van der Waals surface area contributed by atoms with Crippen LogP contribution in [0.3, 0.4) is 0 Å². The molecule has 148 valence electrons. The van der Waals surface area contributed by atoms with Gasteiger partial charge in [-0.1, -0.05) is 6.07 Å². The Balaban J connectivity index is 1.42. The van der Waals surface area contributed by atoms with E-state index in [1.54, 1.807) is 16.9 Å². The normalized spacial score (nSPS) is 14.7. The van der Waals surface area contributed by atoms with E-state index in [1.165, 1.54) is 11.1 Å². The van der Waals surface area contributed by atoms with Gasteiger partial charge in [-0.3, -0.25) is 4.90 Å². The molecule has 0 atom stereocenters. The Kier molecular flexibility index (Phi) is 5.43. The van der Waals surface area contributed by atoms with Crippen LogP contribution in [0.15, 0.2) is 40.9 Å². The Morgan fingerprint density at radius 1 is 1.10 bits per heavy atom. The van der Waals surface area contributed by atoms with Gasteiger partial charge in [0.1, 0.15) is 5.82 Å². The standard InChI is InChI=1S/C21H22N6OS/c1-15-3-4-18(11-16(15)2)20-24-27(21(29)28-20)14-25-7-9-26(10-8-25)19-12-17(13-22)5-6-23-19/h3-6,11-12H,7-10,14H2,1-2H3. The number of aromatic nitrogens is 3. The van der Waals surface area contributed by atoms with Crippen molar-refractivity contribution < 1.29 is 4.42 Å². The lowest BCUT2D eigenvalue weighted by molar-refractivity contribution is 0.192.